The molecule has 0 spiro atoms. The van der Waals surface area contributed by atoms with Gasteiger partial charge in [0.25, 0.3) is 11.8 Å². The van der Waals surface area contributed by atoms with Gasteiger partial charge in [-0.25, -0.2) is 4.90 Å². The number of hydrogen-bond acceptors (Lipinski definition) is 4. The molecule has 0 N–H and O–H groups in total. The number of nitrogens with zero attached hydrogens (tertiary/aromatic N) is 3. The summed E-state index contributed by atoms with van der Waals surface area (Å²) in [5.41, 5.74) is 1.52. The zero-order valence-corrected chi connectivity index (χ0v) is 17.2. The number of imide groups is 1. The molecule has 1 saturated heterocycles. The lowest BCUT2D eigenvalue weighted by Gasteiger charge is -2.34. The van der Waals surface area contributed by atoms with Crippen molar-refractivity contribution in [1.82, 2.24) is 9.80 Å². The summed E-state index contributed by atoms with van der Waals surface area (Å²) in [5.74, 6) is -1.03. The number of benzene rings is 2. The van der Waals surface area contributed by atoms with Gasteiger partial charge in [0.05, 0.1) is 16.8 Å². The molecule has 0 saturated carbocycles. The monoisotopic (exact) mass is 429 g/mol. The van der Waals surface area contributed by atoms with Gasteiger partial charge >= 0.3 is 6.18 Å². The highest BCUT2D eigenvalue weighted by atomic mass is 19.4. The van der Waals surface area contributed by atoms with Crippen molar-refractivity contribution in [2.45, 2.75) is 13.1 Å². The van der Waals surface area contributed by atoms with Gasteiger partial charge in [-0.1, -0.05) is 29.8 Å². The highest BCUT2D eigenvalue weighted by Crippen LogP contribution is 2.36. The Labute approximate surface area is 178 Å². The van der Waals surface area contributed by atoms with Crippen molar-refractivity contribution >= 4 is 23.1 Å². The minimum Gasteiger partial charge on any atom is -0.364 e. The number of rotatable bonds is 3. The van der Waals surface area contributed by atoms with E-state index in [0.29, 0.717) is 24.4 Å². The summed E-state index contributed by atoms with van der Waals surface area (Å²) in [7, 11) is 1.99. The largest absolute Gasteiger partial charge is 0.416 e. The van der Waals surface area contributed by atoms with Crippen LogP contribution in [0.25, 0.3) is 5.57 Å². The highest BCUT2D eigenvalue weighted by molar-refractivity contribution is 6.45. The number of hydrogen-bond donors (Lipinski definition) is 0. The van der Waals surface area contributed by atoms with Crippen LogP contribution in [-0.4, -0.2) is 54.8 Å². The third-order valence-electron chi connectivity index (χ3n) is 5.67. The van der Waals surface area contributed by atoms with Crippen molar-refractivity contribution in [1.29, 1.82) is 0 Å². The Morgan fingerprint density at radius 2 is 1.39 bits per heavy atom. The smallest absolute Gasteiger partial charge is 0.364 e. The Balaban J connectivity index is 1.76. The third-order valence-corrected chi connectivity index (χ3v) is 5.67. The minimum absolute atomic E-state index is 0.122. The topological polar surface area (TPSA) is 43.9 Å². The number of amides is 2. The van der Waals surface area contributed by atoms with Gasteiger partial charge in [0, 0.05) is 26.2 Å². The Morgan fingerprint density at radius 1 is 0.806 bits per heavy atom. The predicted octanol–water partition coefficient (Wildman–Crippen LogP) is 3.55. The van der Waals surface area contributed by atoms with Gasteiger partial charge in [-0.2, -0.15) is 13.2 Å². The van der Waals surface area contributed by atoms with Crippen LogP contribution in [0.15, 0.2) is 54.2 Å². The molecule has 31 heavy (non-hydrogen) atoms. The van der Waals surface area contributed by atoms with Crippen LogP contribution in [0.3, 0.4) is 0 Å². The van der Waals surface area contributed by atoms with Crippen LogP contribution in [-0.2, 0) is 15.8 Å². The third kappa shape index (κ3) is 3.95. The molecule has 0 unspecified atom stereocenters. The highest BCUT2D eigenvalue weighted by Gasteiger charge is 2.43. The average molecular weight is 429 g/mol. The first-order chi connectivity index (χ1) is 14.7. The molecule has 2 aromatic carbocycles. The molecule has 0 atom stereocenters. The van der Waals surface area contributed by atoms with E-state index in [2.05, 4.69) is 4.90 Å². The van der Waals surface area contributed by atoms with E-state index in [4.69, 9.17) is 0 Å². The Morgan fingerprint density at radius 3 is 1.94 bits per heavy atom. The molecule has 2 heterocycles. The van der Waals surface area contributed by atoms with E-state index < -0.39 is 23.6 Å². The zero-order valence-electron chi connectivity index (χ0n) is 17.2. The van der Waals surface area contributed by atoms with Crippen molar-refractivity contribution in [2.24, 2.45) is 0 Å². The molecule has 0 aliphatic carbocycles. The zero-order chi connectivity index (χ0) is 22.3. The molecule has 0 radical (unpaired) electrons. The van der Waals surface area contributed by atoms with Crippen molar-refractivity contribution in [3.63, 3.8) is 0 Å². The van der Waals surface area contributed by atoms with Crippen LogP contribution >= 0.6 is 0 Å². The maximum atomic E-state index is 13.4. The van der Waals surface area contributed by atoms with Crippen molar-refractivity contribution in [2.75, 3.05) is 38.1 Å². The molecular weight excluding hydrogens is 407 g/mol. The summed E-state index contributed by atoms with van der Waals surface area (Å²) in [6.07, 6.45) is -4.49. The summed E-state index contributed by atoms with van der Waals surface area (Å²) in [6, 6.07) is 11.4. The van der Waals surface area contributed by atoms with E-state index >= 15 is 0 Å². The summed E-state index contributed by atoms with van der Waals surface area (Å²) in [4.78, 5) is 31.8. The van der Waals surface area contributed by atoms with Crippen LogP contribution in [0.2, 0.25) is 0 Å². The number of likely N-dealkylation sites (N-methyl/N-ethyl adjacent to an activating group) is 1. The number of aryl methyl sites for hydroxylation is 1. The Hall–Kier alpha value is -3.13. The summed E-state index contributed by atoms with van der Waals surface area (Å²) in [6.45, 7) is 4.58. The van der Waals surface area contributed by atoms with Gasteiger partial charge in [-0.15, -0.1) is 0 Å². The first-order valence-electron chi connectivity index (χ1n) is 9.97. The van der Waals surface area contributed by atoms with Gasteiger partial charge < -0.3 is 9.80 Å². The summed E-state index contributed by atoms with van der Waals surface area (Å²) < 4.78 is 38.8. The molecule has 8 heteroatoms. The van der Waals surface area contributed by atoms with Gasteiger partial charge in [0.1, 0.15) is 5.70 Å². The number of piperazine rings is 1. The lowest BCUT2D eigenvalue weighted by atomic mass is 10.0. The van der Waals surface area contributed by atoms with Gasteiger partial charge in [-0.3, -0.25) is 9.59 Å². The second-order valence-corrected chi connectivity index (χ2v) is 7.87. The summed E-state index contributed by atoms with van der Waals surface area (Å²) in [5, 5.41) is 0. The van der Waals surface area contributed by atoms with Crippen LogP contribution in [0.4, 0.5) is 18.9 Å². The molecule has 2 aliphatic heterocycles. The SMILES string of the molecule is Cc1ccc(C2=C(N3CCN(C)CC3)C(=O)N(c3ccc(C(F)(F)F)cc3)C2=O)cc1. The molecule has 2 aliphatic rings. The fourth-order valence-corrected chi connectivity index (χ4v) is 3.86. The fourth-order valence-electron chi connectivity index (χ4n) is 3.86. The van der Waals surface area contributed by atoms with Crippen molar-refractivity contribution in [3.8, 4) is 0 Å². The number of anilines is 1. The molecule has 2 amide bonds. The van der Waals surface area contributed by atoms with E-state index in [1.54, 1.807) is 12.1 Å². The molecular formula is C23H22F3N3O2. The van der Waals surface area contributed by atoms with E-state index in [1.165, 1.54) is 0 Å². The maximum Gasteiger partial charge on any atom is 0.416 e. The normalized spacial score (nSPS) is 18.4. The van der Waals surface area contributed by atoms with Gasteiger partial charge in [0.2, 0.25) is 0 Å². The van der Waals surface area contributed by atoms with E-state index in [1.807, 2.05) is 31.0 Å². The molecule has 4 rings (SSSR count). The van der Waals surface area contributed by atoms with E-state index in [0.717, 1.165) is 47.8 Å². The van der Waals surface area contributed by atoms with Crippen LogP contribution in [0.1, 0.15) is 16.7 Å². The van der Waals surface area contributed by atoms with Crippen molar-refractivity contribution in [3.05, 3.63) is 70.9 Å². The quantitative estimate of drug-likeness (QED) is 0.700. The molecule has 5 nitrogen and oxygen atoms in total. The van der Waals surface area contributed by atoms with E-state index in [9.17, 15) is 22.8 Å². The predicted molar refractivity (Wildman–Crippen MR) is 111 cm³/mol. The second kappa shape index (κ2) is 7.85. The minimum atomic E-state index is -4.49. The first-order valence-corrected chi connectivity index (χ1v) is 9.97. The fraction of sp³-hybridized carbons (Fsp3) is 0.304. The first kappa shape index (κ1) is 21.1. The van der Waals surface area contributed by atoms with Crippen molar-refractivity contribution < 1.29 is 22.8 Å². The lowest BCUT2D eigenvalue weighted by molar-refractivity contribution is -0.137. The number of carbonyl (C=O) groups excluding carboxylic acids is 2. The van der Waals surface area contributed by atoms with Crippen LogP contribution in [0, 0.1) is 6.92 Å². The Bertz CT molecular complexity index is 1040. The molecule has 2 aromatic rings. The molecule has 162 valence electrons. The van der Waals surface area contributed by atoms with E-state index in [-0.39, 0.29) is 11.3 Å². The number of halogens is 3. The van der Waals surface area contributed by atoms with Gasteiger partial charge in [0.15, 0.2) is 0 Å². The molecule has 0 bridgehead atoms. The molecule has 1 fully saturated rings. The number of alkyl halides is 3. The van der Waals surface area contributed by atoms with Gasteiger partial charge in [-0.05, 0) is 43.8 Å². The van der Waals surface area contributed by atoms with Crippen LogP contribution in [0.5, 0.6) is 0 Å². The Kier molecular flexibility index (Phi) is 5.35. The summed E-state index contributed by atoms with van der Waals surface area (Å²) >= 11 is 0. The number of carbonyl (C=O) groups is 2. The average Bonchev–Trinajstić information content (AvgIpc) is 2.99. The molecule has 0 aromatic heterocycles. The lowest BCUT2D eigenvalue weighted by Crippen LogP contribution is -2.46. The van der Waals surface area contributed by atoms with Crippen LogP contribution < -0.4 is 4.90 Å². The standard InChI is InChI=1S/C23H22F3N3O2/c1-15-3-5-16(6-4-15)19-20(28-13-11-27(2)12-14-28)22(31)29(21(19)30)18-9-7-17(8-10-18)23(24,25)26/h3-10H,11-14H2,1-2H3. The second-order valence-electron chi connectivity index (χ2n) is 7.87. The maximum absolute atomic E-state index is 13.4.